The van der Waals surface area contributed by atoms with Crippen LogP contribution in [0.25, 0.3) is 6.08 Å². The van der Waals surface area contributed by atoms with Crippen molar-refractivity contribution < 1.29 is 14.5 Å². The van der Waals surface area contributed by atoms with E-state index in [9.17, 15) is 14.9 Å². The zero-order chi connectivity index (χ0) is 17.1. The summed E-state index contributed by atoms with van der Waals surface area (Å²) in [4.78, 5) is 26.3. The van der Waals surface area contributed by atoms with Gasteiger partial charge in [-0.15, -0.1) is 0 Å². The summed E-state index contributed by atoms with van der Waals surface area (Å²) in [5.74, 6) is -0.621. The van der Waals surface area contributed by atoms with Crippen LogP contribution in [0.2, 0.25) is 0 Å². The molecule has 0 saturated carbocycles. The number of carbonyl (C=O) groups is 1. The molecule has 116 valence electrons. The molecule has 7 heteroatoms. The van der Waals surface area contributed by atoms with E-state index in [-0.39, 0.29) is 17.3 Å². The van der Waals surface area contributed by atoms with Gasteiger partial charge in [0.05, 0.1) is 16.6 Å². The quantitative estimate of drug-likeness (QED) is 0.374. The number of hydrogen-bond acceptors (Lipinski definition) is 6. The number of nitriles is 1. The second-order valence-corrected chi connectivity index (χ2v) is 4.88. The second kappa shape index (κ2) is 6.14. The highest BCUT2D eigenvalue weighted by Crippen LogP contribution is 2.21. The molecule has 0 spiro atoms. The van der Waals surface area contributed by atoms with E-state index >= 15 is 0 Å². The van der Waals surface area contributed by atoms with Crippen molar-refractivity contribution in [1.82, 2.24) is 0 Å². The Balaban J connectivity index is 1.92. The van der Waals surface area contributed by atoms with E-state index < -0.39 is 10.9 Å². The molecule has 0 saturated heterocycles. The fraction of sp³-hybridized carbons (Fsp3) is 0. The molecule has 1 aliphatic heterocycles. The monoisotopic (exact) mass is 319 g/mol. The lowest BCUT2D eigenvalue weighted by Gasteiger charge is -1.98. The zero-order valence-electron chi connectivity index (χ0n) is 12.2. The highest BCUT2D eigenvalue weighted by atomic mass is 16.6. The molecule has 2 aromatic rings. The molecule has 2 aromatic carbocycles. The third kappa shape index (κ3) is 3.03. The number of non-ortho nitro benzene ring substituents is 1. The molecule has 7 nitrogen and oxygen atoms in total. The van der Waals surface area contributed by atoms with Crippen LogP contribution in [-0.4, -0.2) is 16.8 Å². The Labute approximate surface area is 136 Å². The largest absolute Gasteiger partial charge is 0.402 e. The minimum absolute atomic E-state index is 0.0172. The Morgan fingerprint density at radius 3 is 2.62 bits per heavy atom. The van der Waals surface area contributed by atoms with Gasteiger partial charge in [-0.2, -0.15) is 5.26 Å². The molecule has 0 bridgehead atoms. The third-order valence-corrected chi connectivity index (χ3v) is 3.27. The first-order chi connectivity index (χ1) is 11.6. The zero-order valence-corrected chi connectivity index (χ0v) is 12.2. The van der Waals surface area contributed by atoms with Gasteiger partial charge in [-0.25, -0.2) is 9.79 Å². The molecule has 0 aliphatic carbocycles. The predicted molar refractivity (Wildman–Crippen MR) is 84.9 cm³/mol. The number of hydrogen-bond donors (Lipinski definition) is 0. The fourth-order valence-corrected chi connectivity index (χ4v) is 2.10. The highest BCUT2D eigenvalue weighted by Gasteiger charge is 2.25. The third-order valence-electron chi connectivity index (χ3n) is 3.27. The van der Waals surface area contributed by atoms with Crippen molar-refractivity contribution >= 4 is 23.6 Å². The molecule has 0 radical (unpaired) electrons. The van der Waals surface area contributed by atoms with E-state index in [1.165, 1.54) is 24.3 Å². The number of benzene rings is 2. The van der Waals surface area contributed by atoms with E-state index in [4.69, 9.17) is 10.00 Å². The molecular weight excluding hydrogens is 310 g/mol. The lowest BCUT2D eigenvalue weighted by Crippen LogP contribution is -2.05. The van der Waals surface area contributed by atoms with Gasteiger partial charge >= 0.3 is 5.97 Å². The Morgan fingerprint density at radius 1 is 1.21 bits per heavy atom. The van der Waals surface area contributed by atoms with Crippen LogP contribution in [0.4, 0.5) is 5.69 Å². The first-order valence-corrected chi connectivity index (χ1v) is 6.84. The Morgan fingerprint density at radius 2 is 1.96 bits per heavy atom. The number of nitro groups is 1. The Kier molecular flexibility index (Phi) is 3.87. The average molecular weight is 319 g/mol. The maximum atomic E-state index is 11.9. The van der Waals surface area contributed by atoms with E-state index in [1.54, 1.807) is 30.3 Å². The lowest BCUT2D eigenvalue weighted by atomic mass is 10.1. The molecule has 24 heavy (non-hydrogen) atoms. The molecule has 0 unspecified atom stereocenters. The van der Waals surface area contributed by atoms with Crippen LogP contribution < -0.4 is 0 Å². The summed E-state index contributed by atoms with van der Waals surface area (Å²) in [6.07, 6.45) is 1.52. The Hall–Kier alpha value is -3.79. The van der Waals surface area contributed by atoms with Crippen molar-refractivity contribution in [3.8, 4) is 6.07 Å². The predicted octanol–water partition coefficient (Wildman–Crippen LogP) is 2.81. The minimum atomic E-state index is -0.638. The molecular formula is C17H9N3O4. The van der Waals surface area contributed by atoms with Gasteiger partial charge in [0.25, 0.3) is 5.69 Å². The molecule has 1 heterocycles. The number of aliphatic imine (C=N–C) groups is 1. The topological polar surface area (TPSA) is 106 Å². The van der Waals surface area contributed by atoms with Crippen molar-refractivity contribution in [1.29, 1.82) is 5.26 Å². The van der Waals surface area contributed by atoms with Crippen molar-refractivity contribution in [2.45, 2.75) is 0 Å². The summed E-state index contributed by atoms with van der Waals surface area (Å²) < 4.78 is 5.08. The van der Waals surface area contributed by atoms with Crippen LogP contribution in [0.15, 0.2) is 59.2 Å². The first-order valence-electron chi connectivity index (χ1n) is 6.84. The molecule has 0 atom stereocenters. The molecule has 0 N–H and O–H groups in total. The summed E-state index contributed by atoms with van der Waals surface area (Å²) in [6.45, 7) is 0. The maximum absolute atomic E-state index is 11.9. The van der Waals surface area contributed by atoms with Gasteiger partial charge in [0.2, 0.25) is 5.90 Å². The van der Waals surface area contributed by atoms with Crippen molar-refractivity contribution in [3.63, 3.8) is 0 Å². The van der Waals surface area contributed by atoms with Crippen LogP contribution in [0, 0.1) is 21.4 Å². The number of rotatable bonds is 3. The van der Waals surface area contributed by atoms with Gasteiger partial charge < -0.3 is 4.74 Å². The van der Waals surface area contributed by atoms with Crippen LogP contribution in [0.3, 0.4) is 0 Å². The molecule has 1 aliphatic rings. The number of carbonyl (C=O) groups excluding carboxylic acids is 1. The first kappa shape index (κ1) is 15.1. The van der Waals surface area contributed by atoms with Gasteiger partial charge in [0.1, 0.15) is 0 Å². The summed E-state index contributed by atoms with van der Waals surface area (Å²) in [5.41, 5.74) is 1.51. The summed E-state index contributed by atoms with van der Waals surface area (Å²) >= 11 is 0. The van der Waals surface area contributed by atoms with Gasteiger partial charge in [-0.3, -0.25) is 10.1 Å². The number of nitro benzene ring substituents is 1. The summed E-state index contributed by atoms with van der Waals surface area (Å²) in [7, 11) is 0. The van der Waals surface area contributed by atoms with E-state index in [2.05, 4.69) is 4.99 Å². The lowest BCUT2D eigenvalue weighted by molar-refractivity contribution is -0.384. The van der Waals surface area contributed by atoms with E-state index in [0.717, 1.165) is 0 Å². The molecule has 0 aromatic heterocycles. The number of ether oxygens (including phenoxy) is 1. The summed E-state index contributed by atoms with van der Waals surface area (Å²) in [5, 5.41) is 19.6. The van der Waals surface area contributed by atoms with Crippen LogP contribution in [0.5, 0.6) is 0 Å². The number of esters is 1. The molecule has 0 amide bonds. The Bertz CT molecular complexity index is 937. The van der Waals surface area contributed by atoms with Gasteiger partial charge in [-0.05, 0) is 29.8 Å². The van der Waals surface area contributed by atoms with Gasteiger partial charge in [-0.1, -0.05) is 18.2 Å². The molecule has 3 rings (SSSR count). The second-order valence-electron chi connectivity index (χ2n) is 4.88. The van der Waals surface area contributed by atoms with Crippen molar-refractivity contribution in [2.75, 3.05) is 0 Å². The van der Waals surface area contributed by atoms with E-state index in [0.29, 0.717) is 16.7 Å². The summed E-state index contributed by atoms with van der Waals surface area (Å²) in [6, 6.07) is 14.3. The van der Waals surface area contributed by atoms with Crippen molar-refractivity contribution in [3.05, 3.63) is 81.0 Å². The van der Waals surface area contributed by atoms with Gasteiger partial charge in [0, 0.05) is 17.7 Å². The standard InChI is InChI=1S/C17H9N3O4/c18-10-12-6-4-11(5-7-12)8-15-17(21)24-16(19-15)13-2-1-3-14(9-13)20(22)23/h1-9H/b15-8-. The maximum Gasteiger partial charge on any atom is 0.363 e. The average Bonchev–Trinajstić information content (AvgIpc) is 2.96. The van der Waals surface area contributed by atoms with Crippen LogP contribution in [-0.2, 0) is 9.53 Å². The van der Waals surface area contributed by atoms with E-state index in [1.807, 2.05) is 6.07 Å². The fourth-order valence-electron chi connectivity index (χ4n) is 2.10. The molecule has 0 fully saturated rings. The SMILES string of the molecule is N#Cc1ccc(/C=C2\N=C(c3cccc([N+](=O)[O-])c3)OC2=O)cc1. The number of nitrogens with zero attached hydrogens (tertiary/aromatic N) is 3. The van der Waals surface area contributed by atoms with Crippen LogP contribution >= 0.6 is 0 Å². The van der Waals surface area contributed by atoms with Crippen LogP contribution in [0.1, 0.15) is 16.7 Å². The highest BCUT2D eigenvalue weighted by molar-refractivity contribution is 6.13. The normalized spacial score (nSPS) is 14.9. The van der Waals surface area contributed by atoms with Gasteiger partial charge in [0.15, 0.2) is 5.70 Å². The number of cyclic esters (lactones) is 1. The minimum Gasteiger partial charge on any atom is -0.402 e. The van der Waals surface area contributed by atoms with Crippen molar-refractivity contribution in [2.24, 2.45) is 4.99 Å². The smallest absolute Gasteiger partial charge is 0.363 e.